The molecule has 0 radical (unpaired) electrons. The number of nitrogens with one attached hydrogen (secondary N) is 1. The summed E-state index contributed by atoms with van der Waals surface area (Å²) in [5, 5.41) is 2.96. The average Bonchev–Trinajstić information content (AvgIpc) is 2.34. The molecule has 0 heterocycles. The highest BCUT2D eigenvalue weighted by atomic mass is 19.2. The molecule has 0 bridgehead atoms. The third-order valence-corrected chi connectivity index (χ3v) is 2.31. The van der Waals surface area contributed by atoms with Crippen molar-refractivity contribution in [2.24, 2.45) is 0 Å². The van der Waals surface area contributed by atoms with E-state index in [1.165, 1.54) is 6.07 Å². The molecular weight excluding hydrogens is 224 g/mol. The molecule has 2 nitrogen and oxygen atoms in total. The Hall–Kier alpha value is -2.10. The van der Waals surface area contributed by atoms with Gasteiger partial charge in [-0.3, -0.25) is 0 Å². The molecule has 88 valence electrons. The number of ether oxygens (including phenoxy) is 1. The summed E-state index contributed by atoms with van der Waals surface area (Å²) in [7, 11) is 1.55. The molecule has 1 N–H and O–H groups in total. The minimum absolute atomic E-state index is 0.466. The molecule has 0 amide bonds. The molecule has 17 heavy (non-hydrogen) atoms. The van der Waals surface area contributed by atoms with Crippen molar-refractivity contribution >= 4 is 11.4 Å². The van der Waals surface area contributed by atoms with E-state index in [0.29, 0.717) is 17.1 Å². The van der Waals surface area contributed by atoms with Gasteiger partial charge in [-0.2, -0.15) is 0 Å². The first-order valence-corrected chi connectivity index (χ1v) is 5.06. The lowest BCUT2D eigenvalue weighted by atomic mass is 10.2. The van der Waals surface area contributed by atoms with E-state index in [1.54, 1.807) is 19.2 Å². The van der Waals surface area contributed by atoms with Crippen molar-refractivity contribution in [3.63, 3.8) is 0 Å². The maximum Gasteiger partial charge on any atom is 0.160 e. The number of methoxy groups -OCH3 is 1. The van der Waals surface area contributed by atoms with Gasteiger partial charge in [0.25, 0.3) is 0 Å². The van der Waals surface area contributed by atoms with Gasteiger partial charge >= 0.3 is 0 Å². The van der Waals surface area contributed by atoms with Gasteiger partial charge in [-0.1, -0.05) is 12.1 Å². The molecule has 0 saturated heterocycles. The van der Waals surface area contributed by atoms with Crippen LogP contribution < -0.4 is 10.1 Å². The topological polar surface area (TPSA) is 21.3 Å². The molecule has 0 atom stereocenters. The van der Waals surface area contributed by atoms with E-state index in [2.05, 4.69) is 5.32 Å². The highest BCUT2D eigenvalue weighted by Gasteiger charge is 2.05. The largest absolute Gasteiger partial charge is 0.495 e. The molecular formula is C13H11F2NO. The zero-order valence-electron chi connectivity index (χ0n) is 9.21. The Labute approximate surface area is 97.8 Å². The third kappa shape index (κ3) is 2.53. The SMILES string of the molecule is COc1ccccc1Nc1ccc(F)c(F)c1. The Morgan fingerprint density at radius 1 is 1.00 bits per heavy atom. The Morgan fingerprint density at radius 2 is 1.76 bits per heavy atom. The normalized spacial score (nSPS) is 10.1. The van der Waals surface area contributed by atoms with Gasteiger partial charge in [-0.25, -0.2) is 8.78 Å². The first-order chi connectivity index (χ1) is 8.20. The minimum atomic E-state index is -0.884. The van der Waals surface area contributed by atoms with E-state index in [1.807, 2.05) is 12.1 Å². The monoisotopic (exact) mass is 235 g/mol. The predicted octanol–water partition coefficient (Wildman–Crippen LogP) is 3.72. The van der Waals surface area contributed by atoms with E-state index < -0.39 is 11.6 Å². The molecule has 0 saturated carbocycles. The van der Waals surface area contributed by atoms with Crippen LogP contribution in [0.3, 0.4) is 0 Å². The lowest BCUT2D eigenvalue weighted by Gasteiger charge is -2.10. The Bertz CT molecular complexity index is 529. The summed E-state index contributed by atoms with van der Waals surface area (Å²) in [6.07, 6.45) is 0. The minimum Gasteiger partial charge on any atom is -0.495 e. The zero-order chi connectivity index (χ0) is 12.3. The molecule has 4 heteroatoms. The molecule has 0 aliphatic heterocycles. The number of hydrogen-bond donors (Lipinski definition) is 1. The highest BCUT2D eigenvalue weighted by molar-refractivity contribution is 5.66. The van der Waals surface area contributed by atoms with Crippen LogP contribution in [0.25, 0.3) is 0 Å². The Balaban J connectivity index is 2.28. The van der Waals surface area contributed by atoms with Crippen molar-refractivity contribution in [2.75, 3.05) is 12.4 Å². The van der Waals surface area contributed by atoms with E-state index >= 15 is 0 Å². The maximum absolute atomic E-state index is 13.0. The Kier molecular flexibility index (Phi) is 3.23. The fourth-order valence-corrected chi connectivity index (χ4v) is 1.48. The van der Waals surface area contributed by atoms with Crippen LogP contribution in [0.2, 0.25) is 0 Å². The summed E-state index contributed by atoms with van der Waals surface area (Å²) in [6, 6.07) is 10.9. The average molecular weight is 235 g/mol. The van der Waals surface area contributed by atoms with Crippen LogP contribution in [-0.2, 0) is 0 Å². The molecule has 0 aliphatic carbocycles. The summed E-state index contributed by atoms with van der Waals surface area (Å²) in [5.41, 5.74) is 1.16. The standard InChI is InChI=1S/C13H11F2NO/c1-17-13-5-3-2-4-12(13)16-9-6-7-10(14)11(15)8-9/h2-8,16H,1H3. The van der Waals surface area contributed by atoms with Gasteiger partial charge < -0.3 is 10.1 Å². The maximum atomic E-state index is 13.0. The first kappa shape index (κ1) is 11.4. The van der Waals surface area contributed by atoms with Crippen LogP contribution in [-0.4, -0.2) is 7.11 Å². The van der Waals surface area contributed by atoms with Crippen LogP contribution in [0.5, 0.6) is 5.75 Å². The van der Waals surface area contributed by atoms with Crippen molar-refractivity contribution in [2.45, 2.75) is 0 Å². The van der Waals surface area contributed by atoms with E-state index in [9.17, 15) is 8.78 Å². The molecule has 0 unspecified atom stereocenters. The second-order valence-corrected chi connectivity index (χ2v) is 3.45. The van der Waals surface area contributed by atoms with E-state index in [0.717, 1.165) is 12.1 Å². The summed E-state index contributed by atoms with van der Waals surface area (Å²) < 4.78 is 30.9. The molecule has 0 aromatic heterocycles. The van der Waals surface area contributed by atoms with Crippen molar-refractivity contribution in [3.8, 4) is 5.75 Å². The number of benzene rings is 2. The number of halogens is 2. The van der Waals surface area contributed by atoms with E-state index in [-0.39, 0.29) is 0 Å². The lowest BCUT2D eigenvalue weighted by Crippen LogP contribution is -1.95. The number of rotatable bonds is 3. The van der Waals surface area contributed by atoms with Gasteiger partial charge in [-0.15, -0.1) is 0 Å². The highest BCUT2D eigenvalue weighted by Crippen LogP contribution is 2.27. The molecule has 0 spiro atoms. The van der Waals surface area contributed by atoms with Crippen LogP contribution in [0, 0.1) is 11.6 Å². The second kappa shape index (κ2) is 4.82. The summed E-state index contributed by atoms with van der Waals surface area (Å²) in [6.45, 7) is 0. The molecule has 2 aromatic carbocycles. The molecule has 2 rings (SSSR count). The van der Waals surface area contributed by atoms with Crippen molar-refractivity contribution in [3.05, 3.63) is 54.1 Å². The molecule has 0 fully saturated rings. The lowest BCUT2D eigenvalue weighted by molar-refractivity contribution is 0.417. The van der Waals surface area contributed by atoms with Gasteiger partial charge in [-0.05, 0) is 24.3 Å². The quantitative estimate of drug-likeness (QED) is 0.875. The van der Waals surface area contributed by atoms with Crippen molar-refractivity contribution in [1.82, 2.24) is 0 Å². The molecule has 0 aliphatic rings. The van der Waals surface area contributed by atoms with Crippen LogP contribution in [0.15, 0.2) is 42.5 Å². The summed E-state index contributed by atoms with van der Waals surface area (Å²) in [4.78, 5) is 0. The molecule has 2 aromatic rings. The van der Waals surface area contributed by atoms with Gasteiger partial charge in [0.2, 0.25) is 0 Å². The van der Waals surface area contributed by atoms with Crippen LogP contribution >= 0.6 is 0 Å². The number of para-hydroxylation sites is 2. The van der Waals surface area contributed by atoms with Crippen LogP contribution in [0.4, 0.5) is 20.2 Å². The third-order valence-electron chi connectivity index (χ3n) is 2.31. The summed E-state index contributed by atoms with van der Waals surface area (Å²) in [5.74, 6) is -1.11. The van der Waals surface area contributed by atoms with Crippen LogP contribution in [0.1, 0.15) is 0 Å². The smallest absolute Gasteiger partial charge is 0.160 e. The second-order valence-electron chi connectivity index (χ2n) is 3.45. The van der Waals surface area contributed by atoms with Gasteiger partial charge in [0.05, 0.1) is 12.8 Å². The Morgan fingerprint density at radius 3 is 2.47 bits per heavy atom. The zero-order valence-corrected chi connectivity index (χ0v) is 9.21. The fourth-order valence-electron chi connectivity index (χ4n) is 1.48. The van der Waals surface area contributed by atoms with Gasteiger partial charge in [0.15, 0.2) is 11.6 Å². The first-order valence-electron chi connectivity index (χ1n) is 5.06. The predicted molar refractivity (Wildman–Crippen MR) is 62.6 cm³/mol. The van der Waals surface area contributed by atoms with Crippen molar-refractivity contribution < 1.29 is 13.5 Å². The summed E-state index contributed by atoms with van der Waals surface area (Å²) >= 11 is 0. The van der Waals surface area contributed by atoms with Crippen molar-refractivity contribution in [1.29, 1.82) is 0 Å². The van der Waals surface area contributed by atoms with Gasteiger partial charge in [0.1, 0.15) is 5.75 Å². The number of hydrogen-bond acceptors (Lipinski definition) is 2. The van der Waals surface area contributed by atoms with Gasteiger partial charge in [0, 0.05) is 11.8 Å². The fraction of sp³-hybridized carbons (Fsp3) is 0.0769. The number of anilines is 2. The van der Waals surface area contributed by atoms with E-state index in [4.69, 9.17) is 4.74 Å².